The van der Waals surface area contributed by atoms with Crippen LogP contribution in [0.4, 0.5) is 0 Å². The first kappa shape index (κ1) is 14.8. The van der Waals surface area contributed by atoms with Crippen molar-refractivity contribution in [3.8, 4) is 0 Å². The quantitative estimate of drug-likeness (QED) is 0.852. The lowest BCUT2D eigenvalue weighted by Crippen LogP contribution is -2.11. The normalized spacial score (nSPS) is 19.3. The summed E-state index contributed by atoms with van der Waals surface area (Å²) in [6, 6.07) is 0.213. The number of nitrogens with zero attached hydrogens (tertiary/aromatic N) is 2. The molecule has 2 N–H and O–H groups in total. The van der Waals surface area contributed by atoms with Crippen molar-refractivity contribution in [1.82, 2.24) is 9.55 Å². The second-order valence-corrected chi connectivity index (χ2v) is 8.08. The van der Waals surface area contributed by atoms with Crippen LogP contribution in [0.25, 0.3) is 0 Å². The third-order valence-corrected chi connectivity index (χ3v) is 5.08. The summed E-state index contributed by atoms with van der Waals surface area (Å²) in [7, 11) is 0. The summed E-state index contributed by atoms with van der Waals surface area (Å²) in [5.74, 6) is 0. The van der Waals surface area contributed by atoms with Gasteiger partial charge in [-0.1, -0.05) is 27.2 Å². The third-order valence-electron chi connectivity index (χ3n) is 4.25. The Morgan fingerprint density at radius 1 is 1.33 bits per heavy atom. The number of hydrogen-bond acceptors (Lipinski definition) is 3. The van der Waals surface area contributed by atoms with Crippen molar-refractivity contribution >= 4 is 11.3 Å². The van der Waals surface area contributed by atoms with E-state index < -0.39 is 0 Å². The monoisotopic (exact) mass is 303 g/mol. The van der Waals surface area contributed by atoms with Gasteiger partial charge in [0.05, 0.1) is 12.2 Å². The number of thiazole rings is 1. The molecule has 0 aliphatic heterocycles. The molecule has 1 aliphatic carbocycles. The highest BCUT2D eigenvalue weighted by atomic mass is 32.1. The van der Waals surface area contributed by atoms with Crippen LogP contribution < -0.4 is 5.73 Å². The Morgan fingerprint density at radius 2 is 2.14 bits per heavy atom. The fraction of sp³-hybridized carbons (Fsp3) is 0.588. The Morgan fingerprint density at radius 3 is 2.86 bits per heavy atom. The van der Waals surface area contributed by atoms with Gasteiger partial charge in [0.15, 0.2) is 0 Å². The number of hydrogen-bond donors (Lipinski definition) is 1. The van der Waals surface area contributed by atoms with E-state index >= 15 is 0 Å². The third kappa shape index (κ3) is 3.22. The topological polar surface area (TPSA) is 43.8 Å². The van der Waals surface area contributed by atoms with Gasteiger partial charge < -0.3 is 10.3 Å². The summed E-state index contributed by atoms with van der Waals surface area (Å²) >= 11 is 1.76. The van der Waals surface area contributed by atoms with E-state index in [-0.39, 0.29) is 11.5 Å². The lowest BCUT2D eigenvalue weighted by atomic mass is 9.93. The molecule has 0 spiro atoms. The van der Waals surface area contributed by atoms with E-state index in [1.165, 1.54) is 41.1 Å². The minimum Gasteiger partial charge on any atom is -0.347 e. The zero-order valence-electron chi connectivity index (χ0n) is 13.2. The molecular weight excluding hydrogens is 278 g/mol. The van der Waals surface area contributed by atoms with E-state index in [0.717, 1.165) is 13.0 Å². The largest absolute Gasteiger partial charge is 0.347 e. The lowest BCUT2D eigenvalue weighted by Gasteiger charge is -2.14. The molecule has 0 bridgehead atoms. The molecule has 3 rings (SSSR count). The second-order valence-electron chi connectivity index (χ2n) is 7.14. The van der Waals surface area contributed by atoms with E-state index in [0.29, 0.717) is 0 Å². The molecule has 0 amide bonds. The molecule has 0 radical (unpaired) electrons. The lowest BCUT2D eigenvalue weighted by molar-refractivity contribution is 0.569. The molecule has 0 aromatic carbocycles. The summed E-state index contributed by atoms with van der Waals surface area (Å²) in [5.41, 5.74) is 10.4. The molecule has 0 fully saturated rings. The van der Waals surface area contributed by atoms with Crippen LogP contribution in [0.1, 0.15) is 67.9 Å². The number of aryl methyl sites for hydroxylation is 1. The molecule has 0 saturated heterocycles. The summed E-state index contributed by atoms with van der Waals surface area (Å²) in [4.78, 5) is 4.79. The van der Waals surface area contributed by atoms with Gasteiger partial charge in [0.2, 0.25) is 0 Å². The molecule has 4 heteroatoms. The SMILES string of the molecule is CC(C)(C)c1csc(Cn2cc3c(c2)C(N)CCCC3)n1. The van der Waals surface area contributed by atoms with Gasteiger partial charge in [-0.05, 0) is 30.4 Å². The van der Waals surface area contributed by atoms with Crippen molar-refractivity contribution in [2.45, 2.75) is 64.5 Å². The van der Waals surface area contributed by atoms with Crippen LogP contribution in [-0.2, 0) is 18.4 Å². The summed E-state index contributed by atoms with van der Waals surface area (Å²) < 4.78 is 2.26. The maximum Gasteiger partial charge on any atom is 0.113 e. The zero-order chi connectivity index (χ0) is 15.0. The Labute approximate surface area is 131 Å². The van der Waals surface area contributed by atoms with Crippen LogP contribution in [0.3, 0.4) is 0 Å². The minimum atomic E-state index is 0.130. The fourth-order valence-electron chi connectivity index (χ4n) is 2.93. The molecule has 1 atom stereocenters. The van der Waals surface area contributed by atoms with Crippen LogP contribution in [0, 0.1) is 0 Å². The van der Waals surface area contributed by atoms with E-state index in [2.05, 4.69) is 43.1 Å². The van der Waals surface area contributed by atoms with Gasteiger partial charge in [-0.15, -0.1) is 11.3 Å². The van der Waals surface area contributed by atoms with E-state index in [4.69, 9.17) is 10.7 Å². The van der Waals surface area contributed by atoms with Crippen molar-refractivity contribution in [3.63, 3.8) is 0 Å². The molecule has 1 aliphatic rings. The fourth-order valence-corrected chi connectivity index (χ4v) is 3.96. The van der Waals surface area contributed by atoms with Crippen molar-refractivity contribution < 1.29 is 0 Å². The number of nitrogens with two attached hydrogens (primary N) is 1. The first-order chi connectivity index (χ1) is 9.93. The van der Waals surface area contributed by atoms with Gasteiger partial charge >= 0.3 is 0 Å². The second kappa shape index (κ2) is 5.58. The maximum absolute atomic E-state index is 6.29. The predicted octanol–water partition coefficient (Wildman–Crippen LogP) is 4.02. The molecule has 2 heterocycles. The number of fused-ring (bicyclic) bond motifs is 1. The van der Waals surface area contributed by atoms with Gasteiger partial charge in [-0.25, -0.2) is 4.98 Å². The molecule has 114 valence electrons. The first-order valence-corrected chi connectivity index (χ1v) is 8.70. The smallest absolute Gasteiger partial charge is 0.113 e. The highest BCUT2D eigenvalue weighted by Gasteiger charge is 2.19. The number of rotatable bonds is 2. The van der Waals surface area contributed by atoms with Gasteiger partial charge in [0.1, 0.15) is 5.01 Å². The van der Waals surface area contributed by atoms with Gasteiger partial charge in [-0.2, -0.15) is 0 Å². The molecule has 3 nitrogen and oxygen atoms in total. The molecule has 21 heavy (non-hydrogen) atoms. The van der Waals surface area contributed by atoms with Gasteiger partial charge in [-0.3, -0.25) is 0 Å². The highest BCUT2D eigenvalue weighted by molar-refractivity contribution is 7.09. The van der Waals surface area contributed by atoms with Crippen LogP contribution in [0.5, 0.6) is 0 Å². The molecule has 1 unspecified atom stereocenters. The zero-order valence-corrected chi connectivity index (χ0v) is 14.0. The summed E-state index contributed by atoms with van der Waals surface area (Å²) in [5, 5.41) is 3.37. The number of aromatic nitrogens is 2. The van der Waals surface area contributed by atoms with E-state index in [1.54, 1.807) is 11.3 Å². The van der Waals surface area contributed by atoms with Crippen molar-refractivity contribution in [2.24, 2.45) is 5.73 Å². The average molecular weight is 303 g/mol. The standard InChI is InChI=1S/C17H25N3S/c1-17(2,3)15-11-21-16(19-15)10-20-8-12-6-4-5-7-14(18)13(12)9-20/h8-9,11,14H,4-7,10,18H2,1-3H3. The Bertz CT molecular complexity index is 618. The van der Waals surface area contributed by atoms with Gasteiger partial charge in [0, 0.05) is 29.2 Å². The van der Waals surface area contributed by atoms with Crippen LogP contribution in [0.2, 0.25) is 0 Å². The van der Waals surface area contributed by atoms with Crippen LogP contribution >= 0.6 is 11.3 Å². The summed E-state index contributed by atoms with van der Waals surface area (Å²) in [6.07, 6.45) is 9.30. The van der Waals surface area contributed by atoms with Crippen molar-refractivity contribution in [3.05, 3.63) is 39.6 Å². The van der Waals surface area contributed by atoms with Crippen LogP contribution in [0.15, 0.2) is 17.8 Å². The predicted molar refractivity (Wildman–Crippen MR) is 88.8 cm³/mol. The summed E-state index contributed by atoms with van der Waals surface area (Å²) in [6.45, 7) is 7.49. The van der Waals surface area contributed by atoms with Crippen molar-refractivity contribution in [1.29, 1.82) is 0 Å². The highest BCUT2D eigenvalue weighted by Crippen LogP contribution is 2.29. The van der Waals surface area contributed by atoms with Gasteiger partial charge in [0.25, 0.3) is 0 Å². The molecule has 2 aromatic rings. The molecular formula is C17H25N3S. The Kier molecular flexibility index (Phi) is 3.93. The van der Waals surface area contributed by atoms with Crippen molar-refractivity contribution in [2.75, 3.05) is 0 Å². The van der Waals surface area contributed by atoms with E-state index in [9.17, 15) is 0 Å². The maximum atomic E-state index is 6.29. The average Bonchev–Trinajstić information content (AvgIpc) is 2.98. The molecule has 2 aromatic heterocycles. The van der Waals surface area contributed by atoms with Crippen LogP contribution in [-0.4, -0.2) is 9.55 Å². The minimum absolute atomic E-state index is 0.130. The first-order valence-electron chi connectivity index (χ1n) is 7.82. The Balaban J connectivity index is 1.80. The Hall–Kier alpha value is -1.13. The molecule has 0 saturated carbocycles. The van der Waals surface area contributed by atoms with E-state index in [1.807, 2.05) is 0 Å².